The van der Waals surface area contributed by atoms with E-state index in [9.17, 15) is 5.11 Å². The minimum Gasteiger partial charge on any atom is -0.491 e. The molecule has 2 aromatic carbocycles. The number of thioether (sulfide) groups is 1. The zero-order valence-electron chi connectivity index (χ0n) is 15.3. The fourth-order valence-electron chi connectivity index (χ4n) is 2.63. The Hall–Kier alpha value is -2.24. The van der Waals surface area contributed by atoms with Gasteiger partial charge < -0.3 is 19.1 Å². The van der Waals surface area contributed by atoms with Gasteiger partial charge in [-0.2, -0.15) is 5.26 Å². The Balaban J connectivity index is 1.62. The van der Waals surface area contributed by atoms with Crippen LogP contribution in [0.15, 0.2) is 47.6 Å². The third kappa shape index (κ3) is 5.18. The van der Waals surface area contributed by atoms with Crippen molar-refractivity contribution in [3.8, 4) is 11.8 Å². The summed E-state index contributed by atoms with van der Waals surface area (Å²) in [6, 6.07) is 14.5. The van der Waals surface area contributed by atoms with Gasteiger partial charge in [0.15, 0.2) is 5.16 Å². The highest BCUT2D eigenvalue weighted by molar-refractivity contribution is 7.99. The lowest BCUT2D eigenvalue weighted by Crippen LogP contribution is -2.20. The number of benzene rings is 2. The number of methoxy groups -OCH3 is 1. The zero-order valence-corrected chi connectivity index (χ0v) is 16.9. The van der Waals surface area contributed by atoms with Crippen LogP contribution in [-0.2, 0) is 11.3 Å². The molecule has 0 fully saturated rings. The average molecular weight is 418 g/mol. The molecule has 0 aliphatic carbocycles. The van der Waals surface area contributed by atoms with Crippen LogP contribution in [0, 0.1) is 11.3 Å². The van der Waals surface area contributed by atoms with Crippen molar-refractivity contribution in [2.45, 2.75) is 17.8 Å². The third-order valence-corrected chi connectivity index (χ3v) is 5.38. The van der Waals surface area contributed by atoms with Crippen LogP contribution in [0.2, 0.25) is 5.02 Å². The van der Waals surface area contributed by atoms with Crippen molar-refractivity contribution >= 4 is 34.4 Å². The number of aliphatic hydroxyl groups is 1. The number of ether oxygens (including phenoxy) is 2. The Morgan fingerprint density at radius 3 is 2.79 bits per heavy atom. The first kappa shape index (κ1) is 20.5. The Morgan fingerprint density at radius 2 is 2.07 bits per heavy atom. The lowest BCUT2D eigenvalue weighted by molar-refractivity contribution is 0.126. The molecule has 3 rings (SSSR count). The molecule has 6 nitrogen and oxygen atoms in total. The molecule has 1 N–H and O–H groups in total. The molecule has 0 aliphatic heterocycles. The minimum absolute atomic E-state index is 0.156. The molecule has 28 heavy (non-hydrogen) atoms. The van der Waals surface area contributed by atoms with Gasteiger partial charge in [0.1, 0.15) is 12.4 Å². The number of aromatic nitrogens is 2. The first-order valence-electron chi connectivity index (χ1n) is 8.69. The van der Waals surface area contributed by atoms with Gasteiger partial charge in [0, 0.05) is 24.4 Å². The lowest BCUT2D eigenvalue weighted by atomic mass is 10.2. The van der Waals surface area contributed by atoms with Gasteiger partial charge >= 0.3 is 0 Å². The molecule has 0 amide bonds. The summed E-state index contributed by atoms with van der Waals surface area (Å²) in [6.45, 7) is 1.38. The normalized spacial score (nSPS) is 12.1. The second-order valence-electron chi connectivity index (χ2n) is 6.08. The Kier molecular flexibility index (Phi) is 7.18. The van der Waals surface area contributed by atoms with Crippen LogP contribution in [0.5, 0.6) is 5.75 Å². The monoisotopic (exact) mass is 417 g/mol. The average Bonchev–Trinajstić information content (AvgIpc) is 3.05. The van der Waals surface area contributed by atoms with Crippen LogP contribution in [-0.4, -0.2) is 46.8 Å². The van der Waals surface area contributed by atoms with E-state index in [4.69, 9.17) is 26.3 Å². The second kappa shape index (κ2) is 9.80. The maximum atomic E-state index is 10.3. The van der Waals surface area contributed by atoms with Crippen LogP contribution in [0.4, 0.5) is 0 Å². The van der Waals surface area contributed by atoms with Crippen LogP contribution in [0.25, 0.3) is 11.0 Å². The zero-order chi connectivity index (χ0) is 19.9. The molecule has 1 unspecified atom stereocenters. The summed E-state index contributed by atoms with van der Waals surface area (Å²) in [5.74, 6) is 1.05. The first-order valence-corrected chi connectivity index (χ1v) is 10.1. The van der Waals surface area contributed by atoms with Crippen molar-refractivity contribution in [2.24, 2.45) is 0 Å². The van der Waals surface area contributed by atoms with Crippen LogP contribution >= 0.6 is 23.4 Å². The topological polar surface area (TPSA) is 80.3 Å². The lowest BCUT2D eigenvalue weighted by Gasteiger charge is -2.13. The Labute approximate surface area is 172 Å². The molecule has 146 valence electrons. The fraction of sp³-hybridized carbons (Fsp3) is 0.300. The standard InChI is InChI=1S/C20H20ClN3O3S/c1-26-9-8-24-19-7-4-15(21)10-18(19)23-20(24)28-13-16(25)12-27-17-5-2-14(11-22)3-6-17/h2-7,10,16,25H,8-9,12-13H2,1H3. The van der Waals surface area contributed by atoms with Gasteiger partial charge in [-0.3, -0.25) is 0 Å². The largest absolute Gasteiger partial charge is 0.491 e. The molecule has 3 aromatic rings. The predicted octanol–water partition coefficient (Wildman–Crippen LogP) is 3.74. The number of halogens is 1. The Bertz CT molecular complexity index is 969. The van der Waals surface area contributed by atoms with Gasteiger partial charge in [0.2, 0.25) is 0 Å². The molecule has 1 atom stereocenters. The van der Waals surface area contributed by atoms with Gasteiger partial charge in [-0.05, 0) is 42.5 Å². The van der Waals surface area contributed by atoms with Crippen LogP contribution < -0.4 is 4.74 Å². The smallest absolute Gasteiger partial charge is 0.169 e. The SMILES string of the molecule is COCCn1c(SCC(O)COc2ccc(C#N)cc2)nc2cc(Cl)ccc21. The molecule has 0 aliphatic rings. The van der Waals surface area contributed by atoms with Gasteiger partial charge in [-0.15, -0.1) is 0 Å². The highest BCUT2D eigenvalue weighted by atomic mass is 35.5. The summed E-state index contributed by atoms with van der Waals surface area (Å²) in [5.41, 5.74) is 2.36. The van der Waals surface area contributed by atoms with Gasteiger partial charge in [-0.1, -0.05) is 23.4 Å². The first-order chi connectivity index (χ1) is 13.6. The summed E-state index contributed by atoms with van der Waals surface area (Å²) in [4.78, 5) is 4.64. The second-order valence-corrected chi connectivity index (χ2v) is 7.51. The van der Waals surface area contributed by atoms with E-state index >= 15 is 0 Å². The number of imidazole rings is 1. The molecule has 8 heteroatoms. The van der Waals surface area contributed by atoms with Crippen LogP contribution in [0.3, 0.4) is 0 Å². The van der Waals surface area contributed by atoms with Crippen molar-refractivity contribution in [1.29, 1.82) is 5.26 Å². The van der Waals surface area contributed by atoms with E-state index in [1.807, 2.05) is 18.2 Å². The summed E-state index contributed by atoms with van der Waals surface area (Å²) >= 11 is 7.53. The predicted molar refractivity (Wildman–Crippen MR) is 110 cm³/mol. The molecular weight excluding hydrogens is 398 g/mol. The van der Waals surface area contributed by atoms with Crippen LogP contribution in [0.1, 0.15) is 5.56 Å². The molecule has 0 radical (unpaired) electrons. The van der Waals surface area contributed by atoms with Gasteiger partial charge in [-0.25, -0.2) is 4.98 Å². The number of hydrogen-bond donors (Lipinski definition) is 1. The van der Waals surface area contributed by atoms with Crippen molar-refractivity contribution in [1.82, 2.24) is 9.55 Å². The number of hydrogen-bond acceptors (Lipinski definition) is 6. The highest BCUT2D eigenvalue weighted by Crippen LogP contribution is 2.27. The minimum atomic E-state index is -0.667. The van der Waals surface area contributed by atoms with Gasteiger partial charge in [0.05, 0.1) is 35.4 Å². The van der Waals surface area contributed by atoms with Crippen molar-refractivity contribution in [2.75, 3.05) is 26.1 Å². The summed E-state index contributed by atoms with van der Waals surface area (Å²) in [5, 5.41) is 20.5. The molecule has 1 heterocycles. The van der Waals surface area contributed by atoms with Gasteiger partial charge in [0.25, 0.3) is 0 Å². The van der Waals surface area contributed by atoms with E-state index in [0.29, 0.717) is 35.2 Å². The van der Waals surface area contributed by atoms with E-state index in [1.165, 1.54) is 11.8 Å². The van der Waals surface area contributed by atoms with Crippen molar-refractivity contribution in [3.63, 3.8) is 0 Å². The Morgan fingerprint density at radius 1 is 1.29 bits per heavy atom. The number of fused-ring (bicyclic) bond motifs is 1. The molecule has 0 saturated heterocycles. The number of aliphatic hydroxyl groups excluding tert-OH is 1. The molecule has 0 bridgehead atoms. The summed E-state index contributed by atoms with van der Waals surface area (Å²) in [6.07, 6.45) is -0.667. The number of nitrogens with zero attached hydrogens (tertiary/aromatic N) is 3. The number of nitriles is 1. The van der Waals surface area contributed by atoms with E-state index < -0.39 is 6.10 Å². The van der Waals surface area contributed by atoms with E-state index in [1.54, 1.807) is 31.4 Å². The van der Waals surface area contributed by atoms with Crippen molar-refractivity contribution < 1.29 is 14.6 Å². The maximum Gasteiger partial charge on any atom is 0.169 e. The molecular formula is C20H20ClN3O3S. The van der Waals surface area contributed by atoms with Crippen molar-refractivity contribution in [3.05, 3.63) is 53.1 Å². The molecule has 1 aromatic heterocycles. The third-order valence-electron chi connectivity index (χ3n) is 4.02. The van der Waals surface area contributed by atoms with E-state index in [0.717, 1.165) is 16.2 Å². The molecule has 0 spiro atoms. The highest BCUT2D eigenvalue weighted by Gasteiger charge is 2.14. The molecule has 0 saturated carbocycles. The quantitative estimate of drug-likeness (QED) is 0.534. The summed E-state index contributed by atoms with van der Waals surface area (Å²) in [7, 11) is 1.66. The maximum absolute atomic E-state index is 10.3. The number of rotatable bonds is 9. The van der Waals surface area contributed by atoms with E-state index in [2.05, 4.69) is 15.6 Å². The van der Waals surface area contributed by atoms with E-state index in [-0.39, 0.29) is 6.61 Å². The summed E-state index contributed by atoms with van der Waals surface area (Å²) < 4.78 is 12.9. The fourth-order valence-corrected chi connectivity index (χ4v) is 3.74.